The van der Waals surface area contributed by atoms with E-state index >= 15 is 0 Å². The van der Waals surface area contributed by atoms with E-state index in [0.717, 1.165) is 31.3 Å². The molecule has 102 valence electrons. The topological polar surface area (TPSA) is 28.4 Å². The number of nitrogens with zero attached hydrogens (tertiary/aromatic N) is 1. The van der Waals surface area contributed by atoms with Crippen LogP contribution in [0.25, 0.3) is 0 Å². The number of likely N-dealkylation sites (N-methyl/N-ethyl adjacent to an activating group) is 1. The molecule has 0 radical (unpaired) electrons. The second kappa shape index (κ2) is 6.95. The summed E-state index contributed by atoms with van der Waals surface area (Å²) in [4.78, 5) is 2.35. The third-order valence-corrected chi connectivity index (χ3v) is 3.98. The van der Waals surface area contributed by atoms with Crippen molar-refractivity contribution in [3.05, 3.63) is 23.7 Å². The van der Waals surface area contributed by atoms with Gasteiger partial charge in [0.2, 0.25) is 0 Å². The van der Waals surface area contributed by atoms with Crippen molar-refractivity contribution in [1.82, 2.24) is 10.2 Å². The standard InChI is InChI=1S/C15H26N2O/c1-13-15(7-10-18-13)12-17(2)9-8-16-11-14-5-3-4-6-14/h7,10,14,16H,3-6,8-9,11-12H2,1-2H3. The Kier molecular flexibility index (Phi) is 5.26. The number of nitrogens with one attached hydrogen (secondary N) is 1. The molecule has 3 heteroatoms. The third-order valence-electron chi connectivity index (χ3n) is 3.98. The Bertz CT molecular complexity index is 342. The van der Waals surface area contributed by atoms with Crippen LogP contribution in [0.2, 0.25) is 0 Å². The summed E-state index contributed by atoms with van der Waals surface area (Å²) in [6, 6.07) is 2.07. The fourth-order valence-corrected chi connectivity index (χ4v) is 2.74. The lowest BCUT2D eigenvalue weighted by Crippen LogP contribution is -2.31. The van der Waals surface area contributed by atoms with Crippen LogP contribution in [-0.4, -0.2) is 31.6 Å². The van der Waals surface area contributed by atoms with Gasteiger partial charge in [0.1, 0.15) is 5.76 Å². The molecule has 1 heterocycles. The van der Waals surface area contributed by atoms with Gasteiger partial charge in [0, 0.05) is 25.2 Å². The minimum absolute atomic E-state index is 0.937. The van der Waals surface area contributed by atoms with Crippen LogP contribution in [0.4, 0.5) is 0 Å². The highest BCUT2D eigenvalue weighted by molar-refractivity contribution is 5.14. The molecule has 1 fully saturated rings. The fourth-order valence-electron chi connectivity index (χ4n) is 2.74. The van der Waals surface area contributed by atoms with Gasteiger partial charge in [0.25, 0.3) is 0 Å². The Balaban J connectivity index is 1.57. The number of hydrogen-bond donors (Lipinski definition) is 1. The molecule has 2 rings (SSSR count). The molecule has 18 heavy (non-hydrogen) atoms. The van der Waals surface area contributed by atoms with Crippen molar-refractivity contribution in [2.75, 3.05) is 26.7 Å². The molecule has 0 aromatic carbocycles. The molecule has 1 saturated carbocycles. The summed E-state index contributed by atoms with van der Waals surface area (Å²) < 4.78 is 5.32. The van der Waals surface area contributed by atoms with Crippen molar-refractivity contribution in [3.8, 4) is 0 Å². The maximum atomic E-state index is 5.32. The highest BCUT2D eigenvalue weighted by Gasteiger charge is 2.14. The number of hydrogen-bond acceptors (Lipinski definition) is 3. The molecule has 0 amide bonds. The zero-order valence-electron chi connectivity index (χ0n) is 11.7. The van der Waals surface area contributed by atoms with Gasteiger partial charge in [-0.25, -0.2) is 0 Å². The van der Waals surface area contributed by atoms with Gasteiger partial charge in [-0.05, 0) is 45.3 Å². The van der Waals surface area contributed by atoms with Gasteiger partial charge in [0.15, 0.2) is 0 Å². The second-order valence-electron chi connectivity index (χ2n) is 5.59. The first-order valence-electron chi connectivity index (χ1n) is 7.18. The number of furan rings is 1. The summed E-state index contributed by atoms with van der Waals surface area (Å²) in [5.41, 5.74) is 1.30. The van der Waals surface area contributed by atoms with Crippen LogP contribution in [0.5, 0.6) is 0 Å². The fraction of sp³-hybridized carbons (Fsp3) is 0.733. The molecule has 0 spiro atoms. The van der Waals surface area contributed by atoms with E-state index in [2.05, 4.69) is 23.3 Å². The average molecular weight is 250 g/mol. The largest absolute Gasteiger partial charge is 0.469 e. The molecule has 1 N–H and O–H groups in total. The van der Waals surface area contributed by atoms with E-state index in [0.29, 0.717) is 0 Å². The van der Waals surface area contributed by atoms with Crippen molar-refractivity contribution < 1.29 is 4.42 Å². The summed E-state index contributed by atoms with van der Waals surface area (Å²) >= 11 is 0. The summed E-state index contributed by atoms with van der Waals surface area (Å²) in [6.45, 7) is 6.40. The first-order valence-corrected chi connectivity index (χ1v) is 7.18. The van der Waals surface area contributed by atoms with E-state index in [9.17, 15) is 0 Å². The molecule has 3 nitrogen and oxygen atoms in total. The van der Waals surface area contributed by atoms with Crippen LogP contribution in [-0.2, 0) is 6.54 Å². The van der Waals surface area contributed by atoms with Crippen molar-refractivity contribution in [2.24, 2.45) is 5.92 Å². The Morgan fingerprint density at radius 1 is 1.39 bits per heavy atom. The smallest absolute Gasteiger partial charge is 0.105 e. The van der Waals surface area contributed by atoms with Crippen LogP contribution < -0.4 is 5.32 Å². The number of aryl methyl sites for hydroxylation is 1. The summed E-state index contributed by atoms with van der Waals surface area (Å²) in [6.07, 6.45) is 7.50. The molecule has 0 bridgehead atoms. The highest BCUT2D eigenvalue weighted by atomic mass is 16.3. The Hall–Kier alpha value is -0.800. The minimum Gasteiger partial charge on any atom is -0.469 e. The van der Waals surface area contributed by atoms with Gasteiger partial charge < -0.3 is 14.6 Å². The van der Waals surface area contributed by atoms with Gasteiger partial charge in [-0.1, -0.05) is 12.8 Å². The number of rotatable bonds is 7. The van der Waals surface area contributed by atoms with E-state index in [-0.39, 0.29) is 0 Å². The summed E-state index contributed by atoms with van der Waals surface area (Å²) in [5.74, 6) is 1.98. The van der Waals surface area contributed by atoms with E-state index in [4.69, 9.17) is 4.42 Å². The maximum Gasteiger partial charge on any atom is 0.105 e. The van der Waals surface area contributed by atoms with Crippen molar-refractivity contribution in [3.63, 3.8) is 0 Å². The van der Waals surface area contributed by atoms with Crippen LogP contribution in [0.3, 0.4) is 0 Å². The molecular formula is C15H26N2O. The molecule has 0 atom stereocenters. The lowest BCUT2D eigenvalue weighted by atomic mass is 10.1. The summed E-state index contributed by atoms with van der Waals surface area (Å²) in [5, 5.41) is 3.59. The Morgan fingerprint density at radius 3 is 2.83 bits per heavy atom. The lowest BCUT2D eigenvalue weighted by Gasteiger charge is -2.17. The van der Waals surface area contributed by atoms with Gasteiger partial charge in [-0.3, -0.25) is 0 Å². The maximum absolute atomic E-state index is 5.32. The van der Waals surface area contributed by atoms with Gasteiger partial charge >= 0.3 is 0 Å². The minimum atomic E-state index is 0.937. The monoisotopic (exact) mass is 250 g/mol. The second-order valence-corrected chi connectivity index (χ2v) is 5.59. The molecular weight excluding hydrogens is 224 g/mol. The van der Waals surface area contributed by atoms with Crippen LogP contribution >= 0.6 is 0 Å². The van der Waals surface area contributed by atoms with E-state index in [1.165, 1.54) is 37.8 Å². The van der Waals surface area contributed by atoms with E-state index in [1.807, 2.05) is 6.92 Å². The normalized spacial score (nSPS) is 16.8. The molecule has 1 aromatic heterocycles. The molecule has 0 aliphatic heterocycles. The Labute approximate surface area is 111 Å². The van der Waals surface area contributed by atoms with Crippen LogP contribution in [0.1, 0.15) is 37.0 Å². The average Bonchev–Trinajstić information content (AvgIpc) is 2.98. The van der Waals surface area contributed by atoms with Crippen LogP contribution in [0.15, 0.2) is 16.7 Å². The Morgan fingerprint density at radius 2 is 2.17 bits per heavy atom. The molecule has 1 aliphatic rings. The molecule has 0 unspecified atom stereocenters. The van der Waals surface area contributed by atoms with Gasteiger partial charge in [0.05, 0.1) is 6.26 Å². The van der Waals surface area contributed by atoms with Gasteiger partial charge in [-0.15, -0.1) is 0 Å². The lowest BCUT2D eigenvalue weighted by molar-refractivity contribution is 0.317. The van der Waals surface area contributed by atoms with Crippen molar-refractivity contribution >= 4 is 0 Å². The van der Waals surface area contributed by atoms with Crippen LogP contribution in [0, 0.1) is 12.8 Å². The zero-order chi connectivity index (χ0) is 12.8. The van der Waals surface area contributed by atoms with Crippen molar-refractivity contribution in [2.45, 2.75) is 39.2 Å². The molecule has 1 aliphatic carbocycles. The first-order chi connectivity index (χ1) is 8.75. The van der Waals surface area contributed by atoms with Crippen molar-refractivity contribution in [1.29, 1.82) is 0 Å². The summed E-state index contributed by atoms with van der Waals surface area (Å²) in [7, 11) is 2.17. The molecule has 1 aromatic rings. The quantitative estimate of drug-likeness (QED) is 0.754. The SMILES string of the molecule is Cc1occc1CN(C)CCNCC1CCCC1. The van der Waals surface area contributed by atoms with E-state index in [1.54, 1.807) is 6.26 Å². The van der Waals surface area contributed by atoms with Gasteiger partial charge in [-0.2, -0.15) is 0 Å². The first kappa shape index (κ1) is 13.6. The zero-order valence-corrected chi connectivity index (χ0v) is 11.7. The van der Waals surface area contributed by atoms with E-state index < -0.39 is 0 Å². The molecule has 0 saturated heterocycles. The highest BCUT2D eigenvalue weighted by Crippen LogP contribution is 2.23. The predicted octanol–water partition coefficient (Wildman–Crippen LogP) is 2.80. The third kappa shape index (κ3) is 4.14. The predicted molar refractivity (Wildman–Crippen MR) is 74.6 cm³/mol.